The van der Waals surface area contributed by atoms with Crippen LogP contribution >= 0.6 is 35.6 Å². The molecule has 0 saturated heterocycles. The summed E-state index contributed by atoms with van der Waals surface area (Å²) in [4.78, 5) is 1.27. The molecule has 23 heavy (non-hydrogen) atoms. The molecule has 2 aromatic rings. The van der Waals surface area contributed by atoms with Crippen LogP contribution in [0.2, 0.25) is 0 Å². The standard InChI is InChI=1S/C16H18O2S3.C2H6/c1-3-20-12-21-16-10-8-14(9-11-16)17-13-4-6-15(7-5-13)18-19-2;1-2/h4-11H,3,12H2,1-2H3;1-2H3. The molecular formula is C18H24O2S3. The van der Waals surface area contributed by atoms with Crippen LogP contribution in [0.1, 0.15) is 20.8 Å². The Morgan fingerprint density at radius 2 is 1.35 bits per heavy atom. The van der Waals surface area contributed by atoms with Crippen molar-refractivity contribution in [2.24, 2.45) is 0 Å². The molecule has 0 unspecified atom stereocenters. The van der Waals surface area contributed by atoms with Crippen molar-refractivity contribution in [3.63, 3.8) is 0 Å². The molecule has 2 rings (SSSR count). The highest BCUT2D eigenvalue weighted by Crippen LogP contribution is 2.28. The van der Waals surface area contributed by atoms with Crippen LogP contribution in [-0.4, -0.2) is 17.1 Å². The SMILES string of the molecule is CC.CCSCSc1ccc(Oc2ccc(OSC)cc2)cc1. The second-order valence-corrected chi connectivity index (χ2v) is 7.24. The molecule has 0 aliphatic rings. The molecule has 0 bridgehead atoms. The maximum absolute atomic E-state index is 5.82. The van der Waals surface area contributed by atoms with Crippen molar-refractivity contribution in [2.75, 3.05) is 17.1 Å². The number of thioether (sulfide) groups is 2. The Bertz CT molecular complexity index is 527. The summed E-state index contributed by atoms with van der Waals surface area (Å²) < 4.78 is 11.1. The molecule has 2 nitrogen and oxygen atoms in total. The van der Waals surface area contributed by atoms with Crippen LogP contribution in [0.5, 0.6) is 17.2 Å². The van der Waals surface area contributed by atoms with E-state index < -0.39 is 0 Å². The van der Waals surface area contributed by atoms with E-state index in [0.717, 1.165) is 28.1 Å². The predicted molar refractivity (Wildman–Crippen MR) is 107 cm³/mol. The van der Waals surface area contributed by atoms with Crippen LogP contribution in [0.25, 0.3) is 0 Å². The van der Waals surface area contributed by atoms with Gasteiger partial charge in [0.2, 0.25) is 0 Å². The molecule has 0 aliphatic carbocycles. The molecule has 0 saturated carbocycles. The van der Waals surface area contributed by atoms with Gasteiger partial charge in [0.15, 0.2) is 0 Å². The summed E-state index contributed by atoms with van der Waals surface area (Å²) >= 11 is 5.12. The first kappa shape index (κ1) is 20.1. The third-order valence-corrected chi connectivity index (χ3v) is 5.09. The van der Waals surface area contributed by atoms with E-state index in [2.05, 4.69) is 19.1 Å². The Morgan fingerprint density at radius 1 is 0.826 bits per heavy atom. The fourth-order valence-electron chi connectivity index (χ4n) is 1.59. The van der Waals surface area contributed by atoms with Crippen molar-refractivity contribution in [3.05, 3.63) is 48.5 Å². The van der Waals surface area contributed by atoms with Gasteiger partial charge < -0.3 is 8.92 Å². The highest BCUT2D eigenvalue weighted by molar-refractivity contribution is 8.16. The van der Waals surface area contributed by atoms with Crippen molar-refractivity contribution in [1.29, 1.82) is 0 Å². The maximum Gasteiger partial charge on any atom is 0.137 e. The lowest BCUT2D eigenvalue weighted by molar-refractivity contribution is 0.481. The van der Waals surface area contributed by atoms with Gasteiger partial charge in [-0.2, -0.15) is 11.8 Å². The largest absolute Gasteiger partial charge is 0.457 e. The Labute approximate surface area is 152 Å². The molecule has 0 aromatic heterocycles. The molecule has 0 fully saturated rings. The first-order valence-corrected chi connectivity index (χ1v) is 10.9. The van der Waals surface area contributed by atoms with E-state index in [1.54, 1.807) is 0 Å². The Morgan fingerprint density at radius 3 is 1.87 bits per heavy atom. The van der Waals surface area contributed by atoms with Gasteiger partial charge in [0.25, 0.3) is 0 Å². The summed E-state index contributed by atoms with van der Waals surface area (Å²) in [6.07, 6.45) is 1.89. The van der Waals surface area contributed by atoms with E-state index in [-0.39, 0.29) is 0 Å². The van der Waals surface area contributed by atoms with Crippen LogP contribution in [0.15, 0.2) is 53.4 Å². The Hall–Kier alpha value is -0.910. The summed E-state index contributed by atoms with van der Waals surface area (Å²) in [5, 5.41) is 1.09. The van der Waals surface area contributed by atoms with Crippen molar-refractivity contribution >= 4 is 35.6 Å². The second-order valence-electron chi connectivity index (χ2n) is 4.05. The highest BCUT2D eigenvalue weighted by atomic mass is 32.2. The normalized spacial score (nSPS) is 9.74. The van der Waals surface area contributed by atoms with Gasteiger partial charge in [0.1, 0.15) is 17.2 Å². The van der Waals surface area contributed by atoms with E-state index in [1.165, 1.54) is 16.9 Å². The van der Waals surface area contributed by atoms with Crippen molar-refractivity contribution in [1.82, 2.24) is 0 Å². The number of rotatable bonds is 8. The summed E-state index contributed by atoms with van der Waals surface area (Å²) in [5.41, 5.74) is 0. The summed E-state index contributed by atoms with van der Waals surface area (Å²) in [5.74, 6) is 3.64. The van der Waals surface area contributed by atoms with E-state index in [4.69, 9.17) is 8.92 Å². The van der Waals surface area contributed by atoms with Gasteiger partial charge in [-0.1, -0.05) is 20.8 Å². The van der Waals surface area contributed by atoms with Gasteiger partial charge in [-0.05, 0) is 54.3 Å². The molecule has 0 heterocycles. The molecule has 126 valence electrons. The lowest BCUT2D eigenvalue weighted by Crippen LogP contribution is -1.85. The minimum absolute atomic E-state index is 0.811. The first-order valence-electron chi connectivity index (χ1n) is 7.61. The van der Waals surface area contributed by atoms with Crippen LogP contribution in [-0.2, 0) is 0 Å². The van der Waals surface area contributed by atoms with Gasteiger partial charge in [-0.3, -0.25) is 0 Å². The zero-order valence-electron chi connectivity index (χ0n) is 14.1. The van der Waals surface area contributed by atoms with Crippen LogP contribution in [0.4, 0.5) is 0 Å². The molecule has 0 N–H and O–H groups in total. The van der Waals surface area contributed by atoms with E-state index in [1.807, 2.05) is 80.0 Å². The monoisotopic (exact) mass is 368 g/mol. The molecule has 0 amide bonds. The third kappa shape index (κ3) is 7.95. The molecular weight excluding hydrogens is 344 g/mol. The van der Waals surface area contributed by atoms with E-state index in [0.29, 0.717) is 0 Å². The highest BCUT2D eigenvalue weighted by Gasteiger charge is 2.00. The van der Waals surface area contributed by atoms with Crippen molar-refractivity contribution in [3.8, 4) is 17.2 Å². The summed E-state index contributed by atoms with van der Waals surface area (Å²) in [7, 11) is 0. The molecule has 2 aromatic carbocycles. The third-order valence-electron chi connectivity index (χ3n) is 2.58. The molecule has 0 spiro atoms. The predicted octanol–water partition coefficient (Wildman–Crippen LogP) is 6.96. The topological polar surface area (TPSA) is 18.5 Å². The summed E-state index contributed by atoms with van der Waals surface area (Å²) in [6, 6.07) is 15.8. The second kappa shape index (κ2) is 12.5. The lowest BCUT2D eigenvalue weighted by Gasteiger charge is -2.07. The fourth-order valence-corrected chi connectivity index (χ4v) is 3.77. The van der Waals surface area contributed by atoms with Gasteiger partial charge >= 0.3 is 0 Å². The van der Waals surface area contributed by atoms with Gasteiger partial charge in [0.05, 0.1) is 12.0 Å². The quantitative estimate of drug-likeness (QED) is 0.216. The number of hydrogen-bond donors (Lipinski definition) is 0. The van der Waals surface area contributed by atoms with Gasteiger partial charge in [-0.15, -0.1) is 11.8 Å². The summed E-state index contributed by atoms with van der Waals surface area (Å²) in [6.45, 7) is 6.18. The van der Waals surface area contributed by atoms with Crippen LogP contribution in [0.3, 0.4) is 0 Å². The smallest absolute Gasteiger partial charge is 0.137 e. The minimum atomic E-state index is 0.811. The van der Waals surface area contributed by atoms with E-state index >= 15 is 0 Å². The minimum Gasteiger partial charge on any atom is -0.457 e. The van der Waals surface area contributed by atoms with Crippen molar-refractivity contribution < 1.29 is 8.92 Å². The average Bonchev–Trinajstić information content (AvgIpc) is 2.60. The molecule has 0 aliphatic heterocycles. The van der Waals surface area contributed by atoms with Gasteiger partial charge in [0, 0.05) is 16.2 Å². The number of benzene rings is 2. The first-order chi connectivity index (χ1) is 11.3. The molecule has 0 radical (unpaired) electrons. The Balaban J connectivity index is 0.00000127. The zero-order valence-corrected chi connectivity index (χ0v) is 16.5. The van der Waals surface area contributed by atoms with Crippen molar-refractivity contribution in [2.45, 2.75) is 25.7 Å². The van der Waals surface area contributed by atoms with E-state index in [9.17, 15) is 0 Å². The fraction of sp³-hybridized carbons (Fsp3) is 0.333. The molecule has 0 atom stereocenters. The number of hydrogen-bond acceptors (Lipinski definition) is 5. The van der Waals surface area contributed by atoms with Crippen LogP contribution in [0, 0.1) is 0 Å². The molecule has 5 heteroatoms. The Kier molecular flexibility index (Phi) is 10.9. The lowest BCUT2D eigenvalue weighted by atomic mass is 10.3. The maximum atomic E-state index is 5.82. The number of ether oxygens (including phenoxy) is 1. The van der Waals surface area contributed by atoms with Crippen LogP contribution < -0.4 is 8.92 Å². The average molecular weight is 369 g/mol. The zero-order chi connectivity index (χ0) is 16.9. The van der Waals surface area contributed by atoms with Gasteiger partial charge in [-0.25, -0.2) is 0 Å².